The van der Waals surface area contributed by atoms with Gasteiger partial charge in [-0.25, -0.2) is 9.97 Å². The van der Waals surface area contributed by atoms with Gasteiger partial charge in [-0.2, -0.15) is 0 Å². The Morgan fingerprint density at radius 1 is 1.21 bits per heavy atom. The molecule has 96 valence electrons. The van der Waals surface area contributed by atoms with Crippen LogP contribution in [0.15, 0.2) is 47.2 Å². The summed E-state index contributed by atoms with van der Waals surface area (Å²) in [6.45, 7) is 3.65. The van der Waals surface area contributed by atoms with Crippen molar-refractivity contribution in [1.82, 2.24) is 15.3 Å². The second-order valence-electron chi connectivity index (χ2n) is 4.28. The van der Waals surface area contributed by atoms with Gasteiger partial charge in [0.25, 0.3) is 0 Å². The van der Waals surface area contributed by atoms with Crippen LogP contribution in [0, 0.1) is 0 Å². The van der Waals surface area contributed by atoms with E-state index < -0.39 is 0 Å². The van der Waals surface area contributed by atoms with Crippen LogP contribution in [-0.4, -0.2) is 16.5 Å². The van der Waals surface area contributed by atoms with Gasteiger partial charge in [0.15, 0.2) is 0 Å². The molecule has 2 heterocycles. The Kier molecular flexibility index (Phi) is 3.25. The van der Waals surface area contributed by atoms with E-state index in [0.717, 1.165) is 34.6 Å². The van der Waals surface area contributed by atoms with Crippen LogP contribution >= 0.6 is 0 Å². The Morgan fingerprint density at radius 3 is 3.00 bits per heavy atom. The molecule has 4 nitrogen and oxygen atoms in total. The smallest absolute Gasteiger partial charge is 0.142 e. The van der Waals surface area contributed by atoms with E-state index in [1.54, 1.807) is 12.5 Å². The third kappa shape index (κ3) is 2.35. The van der Waals surface area contributed by atoms with E-state index in [2.05, 4.69) is 22.2 Å². The number of para-hydroxylation sites is 1. The summed E-state index contributed by atoms with van der Waals surface area (Å²) in [4.78, 5) is 8.83. The Bertz CT molecular complexity index is 690. The lowest BCUT2D eigenvalue weighted by molar-refractivity contribution is 0.616. The van der Waals surface area contributed by atoms with Crippen molar-refractivity contribution in [3.8, 4) is 11.3 Å². The minimum absolute atomic E-state index is 0.681. The molecule has 0 aliphatic carbocycles. The monoisotopic (exact) mass is 253 g/mol. The average Bonchev–Trinajstić information content (AvgIpc) is 2.89. The minimum Gasteiger partial charge on any atom is -0.464 e. The van der Waals surface area contributed by atoms with Gasteiger partial charge in [-0.1, -0.05) is 25.1 Å². The molecule has 0 unspecified atom stereocenters. The molecule has 0 aliphatic rings. The van der Waals surface area contributed by atoms with Crippen LogP contribution < -0.4 is 5.32 Å². The average molecular weight is 253 g/mol. The first kappa shape index (κ1) is 11.9. The summed E-state index contributed by atoms with van der Waals surface area (Å²) in [5.74, 6) is 0.796. The third-order valence-corrected chi connectivity index (χ3v) is 3.00. The summed E-state index contributed by atoms with van der Waals surface area (Å²) in [7, 11) is 0. The Morgan fingerprint density at radius 2 is 2.11 bits per heavy atom. The Labute approximate surface area is 111 Å². The van der Waals surface area contributed by atoms with Gasteiger partial charge in [0.2, 0.25) is 0 Å². The molecule has 0 aliphatic heterocycles. The van der Waals surface area contributed by atoms with Crippen LogP contribution in [-0.2, 0) is 6.54 Å². The lowest BCUT2D eigenvalue weighted by atomic mass is 10.1. The number of nitrogens with one attached hydrogen (secondary N) is 1. The molecule has 0 atom stereocenters. The quantitative estimate of drug-likeness (QED) is 0.776. The lowest BCUT2D eigenvalue weighted by Gasteiger charge is -2.03. The standard InChI is InChI=1S/C15H15N3O/c1-2-16-9-15-17-8-7-13(18-15)12-10-19-14-6-4-3-5-11(12)14/h3-8,10,16H,2,9H2,1H3. The molecule has 4 heteroatoms. The fourth-order valence-electron chi connectivity index (χ4n) is 2.05. The molecule has 19 heavy (non-hydrogen) atoms. The first-order chi connectivity index (χ1) is 9.38. The van der Waals surface area contributed by atoms with Gasteiger partial charge in [0.05, 0.1) is 12.2 Å². The van der Waals surface area contributed by atoms with Crippen LogP contribution in [0.2, 0.25) is 0 Å². The number of aromatic nitrogens is 2. The van der Waals surface area contributed by atoms with Crippen LogP contribution in [0.1, 0.15) is 12.7 Å². The number of hydrogen-bond donors (Lipinski definition) is 1. The molecule has 0 fully saturated rings. The van der Waals surface area contributed by atoms with E-state index in [-0.39, 0.29) is 0 Å². The Hall–Kier alpha value is -2.20. The SMILES string of the molecule is CCNCc1nccc(-c2coc3ccccc23)n1. The number of furan rings is 1. The second kappa shape index (κ2) is 5.20. The molecular formula is C15H15N3O. The van der Waals surface area contributed by atoms with Crippen molar-refractivity contribution in [1.29, 1.82) is 0 Å². The summed E-state index contributed by atoms with van der Waals surface area (Å²) in [5.41, 5.74) is 2.79. The fraction of sp³-hybridized carbons (Fsp3) is 0.200. The second-order valence-corrected chi connectivity index (χ2v) is 4.28. The fourth-order valence-corrected chi connectivity index (χ4v) is 2.05. The van der Waals surface area contributed by atoms with Crippen LogP contribution in [0.3, 0.4) is 0 Å². The maximum atomic E-state index is 5.55. The minimum atomic E-state index is 0.681. The van der Waals surface area contributed by atoms with Gasteiger partial charge < -0.3 is 9.73 Å². The third-order valence-electron chi connectivity index (χ3n) is 3.00. The van der Waals surface area contributed by atoms with Gasteiger partial charge in [-0.3, -0.25) is 0 Å². The van der Waals surface area contributed by atoms with E-state index in [4.69, 9.17) is 4.42 Å². The van der Waals surface area contributed by atoms with Gasteiger partial charge in [-0.05, 0) is 18.7 Å². The number of fused-ring (bicyclic) bond motifs is 1. The zero-order valence-electron chi connectivity index (χ0n) is 10.8. The van der Waals surface area contributed by atoms with Crippen LogP contribution in [0.5, 0.6) is 0 Å². The predicted octanol–water partition coefficient (Wildman–Crippen LogP) is 3.00. The normalized spacial score (nSPS) is 11.0. The van der Waals surface area contributed by atoms with Gasteiger partial charge in [-0.15, -0.1) is 0 Å². The number of benzene rings is 1. The molecule has 1 aromatic carbocycles. The molecule has 0 bridgehead atoms. The molecule has 2 aromatic heterocycles. The van der Waals surface area contributed by atoms with Gasteiger partial charge in [0, 0.05) is 17.1 Å². The summed E-state index contributed by atoms with van der Waals surface area (Å²) < 4.78 is 5.55. The van der Waals surface area contributed by atoms with E-state index in [0.29, 0.717) is 6.54 Å². The summed E-state index contributed by atoms with van der Waals surface area (Å²) in [6.07, 6.45) is 3.54. The highest BCUT2D eigenvalue weighted by molar-refractivity contribution is 5.92. The summed E-state index contributed by atoms with van der Waals surface area (Å²) >= 11 is 0. The van der Waals surface area contributed by atoms with Crippen LogP contribution in [0.25, 0.3) is 22.2 Å². The zero-order chi connectivity index (χ0) is 13.1. The Balaban J connectivity index is 2.01. The molecule has 0 saturated carbocycles. The van der Waals surface area contributed by atoms with Crippen molar-refractivity contribution in [2.24, 2.45) is 0 Å². The maximum absolute atomic E-state index is 5.55. The molecule has 3 rings (SSSR count). The molecule has 0 spiro atoms. The maximum Gasteiger partial charge on any atom is 0.142 e. The van der Waals surface area contributed by atoms with E-state index >= 15 is 0 Å². The van der Waals surface area contributed by atoms with Gasteiger partial charge >= 0.3 is 0 Å². The topological polar surface area (TPSA) is 51.0 Å². The molecule has 0 amide bonds. The zero-order valence-corrected chi connectivity index (χ0v) is 10.8. The first-order valence-electron chi connectivity index (χ1n) is 6.37. The van der Waals surface area contributed by atoms with Crippen molar-refractivity contribution in [3.63, 3.8) is 0 Å². The van der Waals surface area contributed by atoms with E-state index in [9.17, 15) is 0 Å². The summed E-state index contributed by atoms with van der Waals surface area (Å²) in [6, 6.07) is 9.88. The van der Waals surface area contributed by atoms with Crippen LogP contribution in [0.4, 0.5) is 0 Å². The van der Waals surface area contributed by atoms with E-state index in [1.165, 1.54) is 0 Å². The molecular weight excluding hydrogens is 238 g/mol. The first-order valence-corrected chi connectivity index (χ1v) is 6.37. The largest absolute Gasteiger partial charge is 0.464 e. The highest BCUT2D eigenvalue weighted by Gasteiger charge is 2.09. The van der Waals surface area contributed by atoms with Crippen molar-refractivity contribution < 1.29 is 4.42 Å². The van der Waals surface area contributed by atoms with Crippen molar-refractivity contribution in [3.05, 3.63) is 48.6 Å². The number of rotatable bonds is 4. The highest BCUT2D eigenvalue weighted by Crippen LogP contribution is 2.28. The molecule has 0 saturated heterocycles. The number of nitrogens with zero attached hydrogens (tertiary/aromatic N) is 2. The summed E-state index contributed by atoms with van der Waals surface area (Å²) in [5, 5.41) is 4.31. The molecule has 0 radical (unpaired) electrons. The van der Waals surface area contributed by atoms with Crippen molar-refractivity contribution in [2.45, 2.75) is 13.5 Å². The van der Waals surface area contributed by atoms with E-state index in [1.807, 2.05) is 30.3 Å². The van der Waals surface area contributed by atoms with Crippen molar-refractivity contribution in [2.75, 3.05) is 6.54 Å². The predicted molar refractivity (Wildman–Crippen MR) is 74.6 cm³/mol. The molecule has 3 aromatic rings. The van der Waals surface area contributed by atoms with Crippen molar-refractivity contribution >= 4 is 11.0 Å². The number of hydrogen-bond acceptors (Lipinski definition) is 4. The van der Waals surface area contributed by atoms with Gasteiger partial charge in [0.1, 0.15) is 17.7 Å². The highest BCUT2D eigenvalue weighted by atomic mass is 16.3. The molecule has 1 N–H and O–H groups in total. The lowest BCUT2D eigenvalue weighted by Crippen LogP contribution is -2.14.